The van der Waals surface area contributed by atoms with Gasteiger partial charge < -0.3 is 4.74 Å². The minimum atomic E-state index is 0.578. The third kappa shape index (κ3) is 2.77. The number of nitrogens with zero attached hydrogens (tertiary/aromatic N) is 1. The summed E-state index contributed by atoms with van der Waals surface area (Å²) in [5.41, 5.74) is 1.54. The first-order chi connectivity index (χ1) is 8.19. The zero-order valence-corrected chi connectivity index (χ0v) is 10.0. The summed E-state index contributed by atoms with van der Waals surface area (Å²) in [6.07, 6.45) is 0. The number of ether oxygens (including phenoxy) is 1. The third-order valence-electron chi connectivity index (χ3n) is 2.33. The zero-order chi connectivity index (χ0) is 12.3. The molecule has 3 heteroatoms. The van der Waals surface area contributed by atoms with Crippen LogP contribution < -0.4 is 4.74 Å². The highest BCUT2D eigenvalue weighted by atomic mass is 35.5. The standard InChI is InChI=1S/C14H10ClNO/c1-10-7-12(15)5-6-14(10)17-13-4-2-3-11(8-13)9-16/h2-8H,1H3. The molecule has 0 fully saturated rings. The molecule has 0 aromatic heterocycles. The predicted octanol–water partition coefficient (Wildman–Crippen LogP) is 4.31. The average molecular weight is 244 g/mol. The molecule has 2 nitrogen and oxygen atoms in total. The van der Waals surface area contributed by atoms with Crippen molar-refractivity contribution in [3.63, 3.8) is 0 Å². The summed E-state index contributed by atoms with van der Waals surface area (Å²) in [6, 6.07) is 14.6. The van der Waals surface area contributed by atoms with E-state index in [-0.39, 0.29) is 0 Å². The van der Waals surface area contributed by atoms with Gasteiger partial charge in [-0.3, -0.25) is 0 Å². The largest absolute Gasteiger partial charge is 0.457 e. The summed E-state index contributed by atoms with van der Waals surface area (Å²) in [4.78, 5) is 0. The molecule has 0 unspecified atom stereocenters. The highest BCUT2D eigenvalue weighted by molar-refractivity contribution is 6.30. The van der Waals surface area contributed by atoms with E-state index in [2.05, 4.69) is 6.07 Å². The molecule has 0 amide bonds. The van der Waals surface area contributed by atoms with Crippen LogP contribution in [0.15, 0.2) is 42.5 Å². The van der Waals surface area contributed by atoms with Crippen LogP contribution in [-0.4, -0.2) is 0 Å². The molecule has 0 aliphatic rings. The molecule has 0 radical (unpaired) electrons. The van der Waals surface area contributed by atoms with Crippen molar-refractivity contribution < 1.29 is 4.74 Å². The van der Waals surface area contributed by atoms with E-state index in [9.17, 15) is 0 Å². The van der Waals surface area contributed by atoms with Crippen molar-refractivity contribution in [2.45, 2.75) is 6.92 Å². The third-order valence-corrected chi connectivity index (χ3v) is 2.56. The Hall–Kier alpha value is -1.98. The topological polar surface area (TPSA) is 33.0 Å². The fourth-order valence-corrected chi connectivity index (χ4v) is 1.71. The molecule has 0 saturated carbocycles. The number of benzene rings is 2. The maximum atomic E-state index is 8.80. The number of rotatable bonds is 2. The van der Waals surface area contributed by atoms with Gasteiger partial charge in [0.05, 0.1) is 11.6 Å². The average Bonchev–Trinajstić information content (AvgIpc) is 2.33. The molecule has 84 valence electrons. The summed E-state index contributed by atoms with van der Waals surface area (Å²) in [6.45, 7) is 1.93. The molecule has 2 rings (SSSR count). The van der Waals surface area contributed by atoms with Crippen LogP contribution in [0.25, 0.3) is 0 Å². The van der Waals surface area contributed by atoms with Gasteiger partial charge in [0.15, 0.2) is 0 Å². The van der Waals surface area contributed by atoms with Crippen LogP contribution in [-0.2, 0) is 0 Å². The Balaban J connectivity index is 2.28. The van der Waals surface area contributed by atoms with Gasteiger partial charge in [0.25, 0.3) is 0 Å². The van der Waals surface area contributed by atoms with Gasteiger partial charge in [-0.1, -0.05) is 17.7 Å². The fraction of sp³-hybridized carbons (Fsp3) is 0.0714. The first-order valence-electron chi connectivity index (χ1n) is 5.13. The molecule has 0 N–H and O–H groups in total. The minimum Gasteiger partial charge on any atom is -0.457 e. The molecular weight excluding hydrogens is 234 g/mol. The first-order valence-corrected chi connectivity index (χ1v) is 5.51. The van der Waals surface area contributed by atoms with Crippen molar-refractivity contribution in [1.29, 1.82) is 5.26 Å². The van der Waals surface area contributed by atoms with Crippen molar-refractivity contribution in [1.82, 2.24) is 0 Å². The fourth-order valence-electron chi connectivity index (χ4n) is 1.48. The second-order valence-electron chi connectivity index (χ2n) is 3.65. The van der Waals surface area contributed by atoms with Gasteiger partial charge in [-0.25, -0.2) is 0 Å². The van der Waals surface area contributed by atoms with Gasteiger partial charge in [-0.2, -0.15) is 5.26 Å². The molecule has 2 aromatic rings. The maximum absolute atomic E-state index is 8.80. The van der Waals surface area contributed by atoms with Gasteiger partial charge in [0.2, 0.25) is 0 Å². The molecule has 0 atom stereocenters. The highest BCUT2D eigenvalue weighted by Gasteiger charge is 2.02. The SMILES string of the molecule is Cc1cc(Cl)ccc1Oc1cccc(C#N)c1. The Labute approximate surface area is 105 Å². The second-order valence-corrected chi connectivity index (χ2v) is 4.09. The number of aryl methyl sites for hydroxylation is 1. The van der Waals surface area contributed by atoms with Crippen LogP contribution in [0.5, 0.6) is 11.5 Å². The molecule has 17 heavy (non-hydrogen) atoms. The molecular formula is C14H10ClNO. The Morgan fingerprint density at radius 1 is 1.18 bits per heavy atom. The smallest absolute Gasteiger partial charge is 0.130 e. The van der Waals surface area contributed by atoms with Crippen LogP contribution >= 0.6 is 11.6 Å². The zero-order valence-electron chi connectivity index (χ0n) is 9.27. The molecule has 0 spiro atoms. The molecule has 2 aromatic carbocycles. The van der Waals surface area contributed by atoms with Gasteiger partial charge in [-0.05, 0) is 48.9 Å². The van der Waals surface area contributed by atoms with Crippen molar-refractivity contribution in [2.75, 3.05) is 0 Å². The van der Waals surface area contributed by atoms with E-state index in [0.29, 0.717) is 16.3 Å². The lowest BCUT2D eigenvalue weighted by Crippen LogP contribution is -1.88. The molecule has 0 heterocycles. The van der Waals surface area contributed by atoms with Gasteiger partial charge in [0.1, 0.15) is 11.5 Å². The lowest BCUT2D eigenvalue weighted by atomic mass is 10.2. The van der Waals surface area contributed by atoms with E-state index in [4.69, 9.17) is 21.6 Å². The summed E-state index contributed by atoms with van der Waals surface area (Å²) in [5.74, 6) is 1.39. The number of hydrogen-bond acceptors (Lipinski definition) is 2. The van der Waals surface area contributed by atoms with E-state index in [1.165, 1.54) is 0 Å². The van der Waals surface area contributed by atoms with Crippen LogP contribution in [0.1, 0.15) is 11.1 Å². The Bertz CT molecular complexity index is 587. The Morgan fingerprint density at radius 2 is 2.00 bits per heavy atom. The van der Waals surface area contributed by atoms with Crippen LogP contribution in [0, 0.1) is 18.3 Å². The quantitative estimate of drug-likeness (QED) is 0.787. The van der Waals surface area contributed by atoms with Crippen molar-refractivity contribution in [3.05, 3.63) is 58.6 Å². The summed E-state index contributed by atoms with van der Waals surface area (Å²) in [5, 5.41) is 9.48. The lowest BCUT2D eigenvalue weighted by Gasteiger charge is -2.08. The van der Waals surface area contributed by atoms with E-state index in [1.54, 1.807) is 24.3 Å². The van der Waals surface area contributed by atoms with Crippen LogP contribution in [0.3, 0.4) is 0 Å². The monoisotopic (exact) mass is 243 g/mol. The van der Waals surface area contributed by atoms with Crippen molar-refractivity contribution >= 4 is 11.6 Å². The summed E-state index contributed by atoms with van der Waals surface area (Å²) >= 11 is 5.87. The van der Waals surface area contributed by atoms with E-state index in [1.807, 2.05) is 25.1 Å². The van der Waals surface area contributed by atoms with Gasteiger partial charge in [0, 0.05) is 5.02 Å². The lowest BCUT2D eigenvalue weighted by molar-refractivity contribution is 0.479. The number of hydrogen-bond donors (Lipinski definition) is 0. The minimum absolute atomic E-state index is 0.578. The first kappa shape index (κ1) is 11.5. The number of nitriles is 1. The Morgan fingerprint density at radius 3 is 2.71 bits per heavy atom. The highest BCUT2D eigenvalue weighted by Crippen LogP contribution is 2.27. The van der Waals surface area contributed by atoms with Gasteiger partial charge >= 0.3 is 0 Å². The van der Waals surface area contributed by atoms with E-state index < -0.39 is 0 Å². The van der Waals surface area contributed by atoms with Crippen molar-refractivity contribution in [2.24, 2.45) is 0 Å². The molecule has 0 bridgehead atoms. The summed E-state index contributed by atoms with van der Waals surface area (Å²) < 4.78 is 5.70. The molecule has 0 aliphatic heterocycles. The molecule has 0 saturated heterocycles. The van der Waals surface area contributed by atoms with Crippen LogP contribution in [0.4, 0.5) is 0 Å². The summed E-state index contributed by atoms with van der Waals surface area (Å²) in [7, 11) is 0. The maximum Gasteiger partial charge on any atom is 0.130 e. The second kappa shape index (κ2) is 4.90. The van der Waals surface area contributed by atoms with E-state index in [0.717, 1.165) is 11.3 Å². The molecule has 0 aliphatic carbocycles. The number of halogens is 1. The van der Waals surface area contributed by atoms with E-state index >= 15 is 0 Å². The van der Waals surface area contributed by atoms with Gasteiger partial charge in [-0.15, -0.1) is 0 Å². The Kier molecular flexibility index (Phi) is 3.32. The normalized spacial score (nSPS) is 9.71. The van der Waals surface area contributed by atoms with Crippen molar-refractivity contribution in [3.8, 4) is 17.6 Å². The van der Waals surface area contributed by atoms with Crippen LogP contribution in [0.2, 0.25) is 5.02 Å². The predicted molar refractivity (Wildman–Crippen MR) is 67.4 cm³/mol.